The Kier molecular flexibility index (Phi) is 4.25. The summed E-state index contributed by atoms with van der Waals surface area (Å²) in [6, 6.07) is 5.53. The van der Waals surface area contributed by atoms with E-state index in [4.69, 9.17) is 4.74 Å². The average molecular weight is 261 g/mol. The zero-order valence-electron chi connectivity index (χ0n) is 10.6. The molecule has 19 heavy (non-hydrogen) atoms. The molecular formula is C13H15N3O3. The fourth-order valence-corrected chi connectivity index (χ4v) is 1.69. The predicted molar refractivity (Wildman–Crippen MR) is 73.3 cm³/mol. The van der Waals surface area contributed by atoms with Crippen LogP contribution in [0.1, 0.15) is 5.69 Å². The highest BCUT2D eigenvalue weighted by molar-refractivity contribution is 5.73. The van der Waals surface area contributed by atoms with Crippen molar-refractivity contribution in [2.24, 2.45) is 0 Å². The maximum absolute atomic E-state index is 11.5. The monoisotopic (exact) mass is 261 g/mol. The van der Waals surface area contributed by atoms with E-state index in [1.807, 2.05) is 18.2 Å². The number of nitrogens with one attached hydrogen (secondary N) is 2. The van der Waals surface area contributed by atoms with Crippen molar-refractivity contribution in [3.05, 3.63) is 50.5 Å². The van der Waals surface area contributed by atoms with Crippen LogP contribution >= 0.6 is 0 Å². The van der Waals surface area contributed by atoms with Crippen LogP contribution in [0.5, 0.6) is 0 Å². The van der Waals surface area contributed by atoms with Gasteiger partial charge < -0.3 is 15.4 Å². The van der Waals surface area contributed by atoms with Crippen LogP contribution in [-0.2, 0) is 11.3 Å². The molecule has 0 aliphatic carbocycles. The minimum atomic E-state index is -0.490. The van der Waals surface area contributed by atoms with E-state index >= 15 is 0 Å². The minimum absolute atomic E-state index is 0.326. The molecule has 0 saturated carbocycles. The Morgan fingerprint density at radius 1 is 1.16 bits per heavy atom. The Hall–Kier alpha value is -2.21. The lowest BCUT2D eigenvalue weighted by Crippen LogP contribution is -2.37. The Labute approximate surface area is 110 Å². The molecule has 0 fully saturated rings. The van der Waals surface area contributed by atoms with Crippen molar-refractivity contribution in [2.45, 2.75) is 6.54 Å². The summed E-state index contributed by atoms with van der Waals surface area (Å²) in [6.07, 6.45) is 1.68. The van der Waals surface area contributed by atoms with Crippen molar-refractivity contribution < 1.29 is 4.74 Å². The Balaban J connectivity index is 1.99. The third-order valence-electron chi connectivity index (χ3n) is 2.69. The second-order valence-electron chi connectivity index (χ2n) is 4.00. The molecule has 0 bridgehead atoms. The van der Waals surface area contributed by atoms with E-state index in [2.05, 4.69) is 15.6 Å². The van der Waals surface area contributed by atoms with Gasteiger partial charge in [-0.1, -0.05) is 6.07 Å². The van der Waals surface area contributed by atoms with Gasteiger partial charge in [-0.05, 0) is 12.1 Å². The fourth-order valence-electron chi connectivity index (χ4n) is 1.69. The molecule has 6 heteroatoms. The van der Waals surface area contributed by atoms with Crippen molar-refractivity contribution in [2.75, 3.05) is 30.9 Å². The minimum Gasteiger partial charge on any atom is -0.383 e. The summed E-state index contributed by atoms with van der Waals surface area (Å²) in [5, 5.41) is 5.82. The second-order valence-corrected chi connectivity index (χ2v) is 4.00. The van der Waals surface area contributed by atoms with Crippen LogP contribution in [0.15, 0.2) is 34.0 Å². The molecule has 0 radical (unpaired) electrons. The van der Waals surface area contributed by atoms with E-state index in [-0.39, 0.29) is 0 Å². The van der Waals surface area contributed by atoms with E-state index in [1.165, 1.54) is 0 Å². The van der Waals surface area contributed by atoms with Gasteiger partial charge in [-0.2, -0.15) is 0 Å². The second kappa shape index (κ2) is 6.10. The number of hydrogen-bond acceptors (Lipinski definition) is 6. The quantitative estimate of drug-likeness (QED) is 0.553. The van der Waals surface area contributed by atoms with Crippen LogP contribution in [0.25, 0.3) is 0 Å². The number of ether oxygens (including phenoxy) is 1. The normalized spacial score (nSPS) is 10.6. The zero-order valence-corrected chi connectivity index (χ0v) is 10.6. The van der Waals surface area contributed by atoms with E-state index in [0.29, 0.717) is 31.1 Å². The first-order valence-corrected chi connectivity index (χ1v) is 5.94. The van der Waals surface area contributed by atoms with Gasteiger partial charge in [0.05, 0.1) is 18.8 Å². The van der Waals surface area contributed by atoms with Gasteiger partial charge in [0.25, 0.3) is 10.9 Å². The van der Waals surface area contributed by atoms with Crippen molar-refractivity contribution in [3.8, 4) is 0 Å². The smallest absolute Gasteiger partial charge is 0.253 e. The van der Waals surface area contributed by atoms with Crippen LogP contribution in [0, 0.1) is 0 Å². The predicted octanol–water partition coefficient (Wildman–Crippen LogP) is 0.348. The Morgan fingerprint density at radius 2 is 1.89 bits per heavy atom. The molecule has 2 aromatic rings. The number of methoxy groups -OCH3 is 1. The Morgan fingerprint density at radius 3 is 2.53 bits per heavy atom. The molecule has 1 aromatic heterocycles. The Bertz CT molecular complexity index is 603. The summed E-state index contributed by atoms with van der Waals surface area (Å²) < 4.78 is 4.88. The molecule has 0 amide bonds. The number of anilines is 2. The number of aromatic nitrogens is 1. The maximum Gasteiger partial charge on any atom is 0.253 e. The van der Waals surface area contributed by atoms with Gasteiger partial charge in [0.1, 0.15) is 11.4 Å². The first kappa shape index (κ1) is 13.2. The lowest BCUT2D eigenvalue weighted by molar-refractivity contribution is 0.210. The molecule has 0 unspecified atom stereocenters. The first-order valence-electron chi connectivity index (χ1n) is 5.94. The third-order valence-corrected chi connectivity index (χ3v) is 2.69. The van der Waals surface area contributed by atoms with Gasteiger partial charge in [0.15, 0.2) is 0 Å². The SMILES string of the molecule is COCCNc1c(NCc2ccccn2)c(=O)c1=O. The van der Waals surface area contributed by atoms with Gasteiger partial charge in [-0.25, -0.2) is 0 Å². The van der Waals surface area contributed by atoms with Crippen LogP contribution in [0.4, 0.5) is 11.4 Å². The summed E-state index contributed by atoms with van der Waals surface area (Å²) in [7, 11) is 1.57. The average Bonchev–Trinajstić information content (AvgIpc) is 2.46. The van der Waals surface area contributed by atoms with Crippen LogP contribution in [-0.4, -0.2) is 25.2 Å². The highest BCUT2D eigenvalue weighted by Crippen LogP contribution is 2.14. The molecule has 1 aromatic carbocycles. The molecule has 0 atom stereocenters. The summed E-state index contributed by atoms with van der Waals surface area (Å²) >= 11 is 0. The summed E-state index contributed by atoms with van der Waals surface area (Å²) in [4.78, 5) is 27.0. The van der Waals surface area contributed by atoms with Gasteiger partial charge in [-0.15, -0.1) is 0 Å². The molecule has 100 valence electrons. The van der Waals surface area contributed by atoms with Crippen LogP contribution in [0.2, 0.25) is 0 Å². The van der Waals surface area contributed by atoms with Crippen molar-refractivity contribution >= 4 is 11.4 Å². The first-order chi connectivity index (χ1) is 9.24. The van der Waals surface area contributed by atoms with Crippen molar-refractivity contribution in [3.63, 3.8) is 0 Å². The lowest BCUT2D eigenvalue weighted by Gasteiger charge is -2.14. The topological polar surface area (TPSA) is 80.3 Å². The highest BCUT2D eigenvalue weighted by atomic mass is 16.5. The molecular weight excluding hydrogens is 246 g/mol. The van der Waals surface area contributed by atoms with Crippen molar-refractivity contribution in [1.29, 1.82) is 0 Å². The molecule has 0 aliphatic heterocycles. The number of nitrogens with zero attached hydrogens (tertiary/aromatic N) is 1. The van der Waals surface area contributed by atoms with Crippen LogP contribution < -0.4 is 21.5 Å². The van der Waals surface area contributed by atoms with E-state index in [1.54, 1.807) is 13.3 Å². The number of pyridine rings is 1. The molecule has 1 heterocycles. The van der Waals surface area contributed by atoms with Gasteiger partial charge in [0.2, 0.25) is 0 Å². The van der Waals surface area contributed by atoms with E-state index in [9.17, 15) is 9.59 Å². The van der Waals surface area contributed by atoms with Crippen LogP contribution in [0.3, 0.4) is 0 Å². The van der Waals surface area contributed by atoms with Gasteiger partial charge in [-0.3, -0.25) is 14.6 Å². The third kappa shape index (κ3) is 2.97. The van der Waals surface area contributed by atoms with Gasteiger partial charge >= 0.3 is 0 Å². The number of rotatable bonds is 7. The molecule has 2 N–H and O–H groups in total. The molecule has 0 spiro atoms. The summed E-state index contributed by atoms with van der Waals surface area (Å²) in [5.41, 5.74) is 0.485. The summed E-state index contributed by atoms with van der Waals surface area (Å²) in [5.74, 6) is 0. The zero-order chi connectivity index (χ0) is 13.7. The molecule has 0 aliphatic rings. The largest absolute Gasteiger partial charge is 0.383 e. The van der Waals surface area contributed by atoms with Crippen molar-refractivity contribution in [1.82, 2.24) is 4.98 Å². The van der Waals surface area contributed by atoms with E-state index in [0.717, 1.165) is 5.69 Å². The fraction of sp³-hybridized carbons (Fsp3) is 0.308. The standard InChI is InChI=1S/C13H15N3O3/c1-19-7-6-15-10-11(13(18)12(10)17)16-8-9-4-2-3-5-14-9/h2-5,15-16H,6-8H2,1H3. The van der Waals surface area contributed by atoms with E-state index < -0.39 is 10.9 Å². The lowest BCUT2D eigenvalue weighted by atomic mass is 10.2. The molecule has 6 nitrogen and oxygen atoms in total. The van der Waals surface area contributed by atoms with Gasteiger partial charge in [0, 0.05) is 19.9 Å². The summed E-state index contributed by atoms with van der Waals surface area (Å²) in [6.45, 7) is 1.36. The maximum atomic E-state index is 11.5. The number of hydrogen-bond donors (Lipinski definition) is 2. The highest BCUT2D eigenvalue weighted by Gasteiger charge is 2.20. The molecule has 0 saturated heterocycles. The molecule has 2 rings (SSSR count).